The van der Waals surface area contributed by atoms with Crippen LogP contribution in [0.15, 0.2) is 10.4 Å². The number of nitrogens with zero attached hydrogens (tertiary/aromatic N) is 4. The molecule has 0 aromatic rings. The van der Waals surface area contributed by atoms with Crippen LogP contribution in [-0.4, -0.2) is 50.7 Å². The van der Waals surface area contributed by atoms with Crippen molar-refractivity contribution in [3.8, 4) is 0 Å². The van der Waals surface area contributed by atoms with E-state index in [-0.39, 0.29) is 30.2 Å². The first kappa shape index (κ1) is 33.3. The van der Waals surface area contributed by atoms with Crippen LogP contribution in [0.5, 0.6) is 0 Å². The largest absolute Gasteiger partial charge is 0.316 e. The van der Waals surface area contributed by atoms with Crippen LogP contribution < -0.4 is 0 Å². The van der Waals surface area contributed by atoms with E-state index in [4.69, 9.17) is 10.4 Å². The van der Waals surface area contributed by atoms with E-state index in [9.17, 15) is 0 Å². The van der Waals surface area contributed by atoms with Gasteiger partial charge in [0.05, 0.1) is 18.1 Å². The fourth-order valence-corrected chi connectivity index (χ4v) is 55.6. The van der Waals surface area contributed by atoms with Gasteiger partial charge in [0, 0.05) is 0 Å². The van der Waals surface area contributed by atoms with Gasteiger partial charge in [0.1, 0.15) is 0 Å². The molecule has 0 amide bonds. The van der Waals surface area contributed by atoms with Crippen LogP contribution in [-0.2, 0) is 0 Å². The first-order valence-electron chi connectivity index (χ1n) is 13.5. The normalized spacial score (nSPS) is 19.1. The first-order chi connectivity index (χ1) is 14.9. The van der Waals surface area contributed by atoms with Gasteiger partial charge < -0.3 is 8.68 Å². The molecule has 1 aliphatic rings. The molecular formula is C26H60N4Si5. The SMILES string of the molecule is CC(C)(C)[Si][Si]1([Si]C(C)(C)C)N([Si](C)(C)C(C)(C)C)N=NN1[Si](C(C)(C)C)(C(C)(C)C)C(C)(C)C. The molecule has 0 bridgehead atoms. The van der Waals surface area contributed by atoms with Crippen molar-refractivity contribution >= 4 is 42.0 Å². The van der Waals surface area contributed by atoms with Crippen molar-refractivity contribution in [2.24, 2.45) is 10.4 Å². The van der Waals surface area contributed by atoms with E-state index >= 15 is 0 Å². The second-order valence-corrected chi connectivity index (χ2v) is 42.6. The highest BCUT2D eigenvalue weighted by molar-refractivity contribution is 7.52. The predicted molar refractivity (Wildman–Crippen MR) is 167 cm³/mol. The van der Waals surface area contributed by atoms with Crippen LogP contribution in [0, 0.1) is 0 Å². The molecule has 35 heavy (non-hydrogen) atoms. The van der Waals surface area contributed by atoms with E-state index in [0.717, 1.165) is 18.1 Å². The summed E-state index contributed by atoms with van der Waals surface area (Å²) in [7, 11) is -4.99. The smallest absolute Gasteiger partial charge is 0.242 e. The summed E-state index contributed by atoms with van der Waals surface area (Å²) < 4.78 is 5.66. The molecule has 0 saturated heterocycles. The molecule has 0 aliphatic carbocycles. The van der Waals surface area contributed by atoms with Gasteiger partial charge in [0.2, 0.25) is 7.43 Å². The van der Waals surface area contributed by atoms with Crippen LogP contribution in [0.2, 0.25) is 43.3 Å². The van der Waals surface area contributed by atoms with Gasteiger partial charge in [-0.25, -0.2) is 0 Å². The minimum Gasteiger partial charge on any atom is -0.316 e. The Bertz CT molecular complexity index is 729. The van der Waals surface area contributed by atoms with Gasteiger partial charge in [0.15, 0.2) is 16.5 Å². The summed E-state index contributed by atoms with van der Waals surface area (Å²) in [5, 5.41) is 11.9. The minimum absolute atomic E-state index is 0.134. The zero-order chi connectivity index (χ0) is 28.5. The third-order valence-electron chi connectivity index (χ3n) is 7.87. The van der Waals surface area contributed by atoms with E-state index in [1.807, 2.05) is 0 Å². The molecule has 9 heteroatoms. The lowest BCUT2D eigenvalue weighted by molar-refractivity contribution is 0.436. The molecule has 4 nitrogen and oxygen atoms in total. The number of rotatable bonds is 4. The molecule has 0 aromatic heterocycles. The zero-order valence-electron chi connectivity index (χ0n) is 27.3. The fraction of sp³-hybridized carbons (Fsp3) is 1.00. The standard InChI is InChI=1S/C26H60N4Si5/c1-21(2,3)31-35(32-22(4,5)6)29(33(19,20)23(7,8)9)27-28-30(35)34(24(10,11)12,25(13,14)15)26(16,17)18/h1-20H3. The van der Waals surface area contributed by atoms with E-state index in [2.05, 4.69) is 146 Å². The molecule has 1 heterocycles. The molecule has 204 valence electrons. The molecule has 1 rings (SSSR count). The molecule has 0 saturated carbocycles. The highest BCUT2D eigenvalue weighted by Crippen LogP contribution is 2.66. The van der Waals surface area contributed by atoms with Crippen LogP contribution in [0.25, 0.3) is 0 Å². The third kappa shape index (κ3) is 5.98. The molecule has 0 unspecified atom stereocenters. The van der Waals surface area contributed by atoms with Crippen molar-refractivity contribution in [1.29, 1.82) is 0 Å². The Balaban J connectivity index is 4.35. The van der Waals surface area contributed by atoms with Gasteiger partial charge in [-0.2, -0.15) is 0 Å². The second kappa shape index (κ2) is 9.19. The highest BCUT2D eigenvalue weighted by Gasteiger charge is 2.73. The lowest BCUT2D eigenvalue weighted by Gasteiger charge is -2.66. The predicted octanol–water partition coefficient (Wildman–Crippen LogP) is 9.52. The quantitative estimate of drug-likeness (QED) is 0.316. The van der Waals surface area contributed by atoms with Gasteiger partial charge >= 0.3 is 0 Å². The van der Waals surface area contributed by atoms with Crippen molar-refractivity contribution in [1.82, 2.24) is 8.68 Å². The van der Waals surface area contributed by atoms with Crippen molar-refractivity contribution in [3.63, 3.8) is 0 Å². The van der Waals surface area contributed by atoms with Crippen molar-refractivity contribution in [2.45, 2.75) is 168 Å². The molecular weight excluding hydrogens is 509 g/mol. The maximum absolute atomic E-state index is 5.45. The third-order valence-corrected chi connectivity index (χ3v) is 42.2. The van der Waals surface area contributed by atoms with Gasteiger partial charge in [-0.1, -0.05) is 148 Å². The number of hydrogen-bond donors (Lipinski definition) is 0. The lowest BCUT2D eigenvalue weighted by Crippen LogP contribution is -2.84. The van der Waals surface area contributed by atoms with E-state index in [0.29, 0.717) is 0 Å². The highest BCUT2D eigenvalue weighted by atomic mass is 29.6. The molecule has 0 spiro atoms. The Labute approximate surface area is 228 Å². The summed E-state index contributed by atoms with van der Waals surface area (Å²) in [6, 6.07) is 0. The first-order valence-corrected chi connectivity index (χ1v) is 24.3. The van der Waals surface area contributed by atoms with Gasteiger partial charge in [-0.05, 0) is 30.2 Å². The van der Waals surface area contributed by atoms with Crippen LogP contribution in [0.3, 0.4) is 0 Å². The topological polar surface area (TPSA) is 31.2 Å². The molecule has 1 aliphatic heterocycles. The average molecular weight is 569 g/mol. The van der Waals surface area contributed by atoms with Crippen molar-refractivity contribution in [2.75, 3.05) is 0 Å². The summed E-state index contributed by atoms with van der Waals surface area (Å²) in [5.74, 6) is 0. The Hall–Kier alpha value is 0.284. The van der Waals surface area contributed by atoms with E-state index < -0.39 is 23.9 Å². The zero-order valence-corrected chi connectivity index (χ0v) is 32.3. The van der Waals surface area contributed by atoms with Crippen LogP contribution in [0.1, 0.15) is 125 Å². The summed E-state index contributed by atoms with van der Waals surface area (Å²) in [4.78, 5) is 0. The fourth-order valence-electron chi connectivity index (χ4n) is 7.06. The molecule has 0 aromatic carbocycles. The van der Waals surface area contributed by atoms with Gasteiger partial charge in [-0.15, -0.1) is 0 Å². The maximum Gasteiger partial charge on any atom is 0.242 e. The Morgan fingerprint density at radius 2 is 0.771 bits per heavy atom. The Morgan fingerprint density at radius 1 is 0.486 bits per heavy atom. The lowest BCUT2D eigenvalue weighted by atomic mass is 10.2. The molecule has 0 fully saturated rings. The summed E-state index contributed by atoms with van der Waals surface area (Å²) in [5.41, 5.74) is 0. The summed E-state index contributed by atoms with van der Waals surface area (Å²) in [6.07, 6.45) is 0. The number of hydrogen-bond acceptors (Lipinski definition) is 4. The molecule has 0 atom stereocenters. The monoisotopic (exact) mass is 568 g/mol. The second-order valence-electron chi connectivity index (χ2n) is 17.5. The van der Waals surface area contributed by atoms with Crippen LogP contribution >= 0.6 is 0 Å². The molecule has 4 radical (unpaired) electrons. The van der Waals surface area contributed by atoms with E-state index in [1.165, 1.54) is 0 Å². The Morgan fingerprint density at radius 3 is 1.00 bits per heavy atom. The maximum atomic E-state index is 5.45. The molecule has 0 N–H and O–H groups in total. The van der Waals surface area contributed by atoms with Gasteiger partial charge in [-0.3, -0.25) is 0 Å². The Kier molecular flexibility index (Phi) is 8.75. The summed E-state index contributed by atoms with van der Waals surface area (Å²) >= 11 is 0. The minimum atomic E-state index is -2.36. The van der Waals surface area contributed by atoms with Crippen LogP contribution in [0.4, 0.5) is 0 Å². The van der Waals surface area contributed by atoms with Crippen molar-refractivity contribution in [3.05, 3.63) is 0 Å². The van der Waals surface area contributed by atoms with E-state index in [1.54, 1.807) is 0 Å². The van der Waals surface area contributed by atoms with Crippen molar-refractivity contribution < 1.29 is 0 Å². The summed E-state index contributed by atoms with van der Waals surface area (Å²) in [6.45, 7) is 49.8. The average Bonchev–Trinajstić information content (AvgIpc) is 2.76. The van der Waals surface area contributed by atoms with Gasteiger partial charge in [0.25, 0.3) is 0 Å².